The molecule has 0 spiro atoms. The van der Waals surface area contributed by atoms with Gasteiger partial charge in [0.2, 0.25) is 0 Å². The third kappa shape index (κ3) is 2.93. The van der Waals surface area contributed by atoms with Crippen LogP contribution in [0.5, 0.6) is 0 Å². The highest BCUT2D eigenvalue weighted by Gasteiger charge is 2.17. The molecule has 0 bridgehead atoms. The standard InChI is InChI=1S/C9H13N3.2ClH/c10-8-5-2-6-11-9(8)12-7-3-1-4-7;;/h2,5-7H,1,3-4,10H2,(H,11,12);2*1H. The third-order valence-corrected chi connectivity index (χ3v) is 2.28. The number of aromatic nitrogens is 1. The summed E-state index contributed by atoms with van der Waals surface area (Å²) in [6.45, 7) is 0. The Bertz CT molecular complexity index is 277. The van der Waals surface area contributed by atoms with E-state index in [9.17, 15) is 0 Å². The Balaban J connectivity index is 0.000000845. The lowest BCUT2D eigenvalue weighted by Crippen LogP contribution is -2.27. The first kappa shape index (κ1) is 13.3. The Morgan fingerprint density at radius 1 is 1.36 bits per heavy atom. The van der Waals surface area contributed by atoms with Crippen LogP contribution in [0, 0.1) is 0 Å². The van der Waals surface area contributed by atoms with E-state index < -0.39 is 0 Å². The fraction of sp³-hybridized carbons (Fsp3) is 0.444. The van der Waals surface area contributed by atoms with Gasteiger partial charge in [0.05, 0.1) is 5.69 Å². The minimum Gasteiger partial charge on any atom is -0.396 e. The summed E-state index contributed by atoms with van der Waals surface area (Å²) in [5.41, 5.74) is 6.46. The molecule has 1 heterocycles. The van der Waals surface area contributed by atoms with Gasteiger partial charge in [-0.15, -0.1) is 24.8 Å². The van der Waals surface area contributed by atoms with Crippen LogP contribution >= 0.6 is 24.8 Å². The van der Waals surface area contributed by atoms with Crippen molar-refractivity contribution in [1.82, 2.24) is 4.98 Å². The minimum absolute atomic E-state index is 0. The van der Waals surface area contributed by atoms with Crippen molar-refractivity contribution >= 4 is 36.3 Å². The van der Waals surface area contributed by atoms with Crippen LogP contribution in [0.25, 0.3) is 0 Å². The minimum atomic E-state index is 0. The fourth-order valence-electron chi connectivity index (χ4n) is 1.28. The van der Waals surface area contributed by atoms with Crippen molar-refractivity contribution in [1.29, 1.82) is 0 Å². The third-order valence-electron chi connectivity index (χ3n) is 2.28. The van der Waals surface area contributed by atoms with E-state index in [1.807, 2.05) is 12.1 Å². The van der Waals surface area contributed by atoms with Crippen molar-refractivity contribution in [2.24, 2.45) is 0 Å². The zero-order valence-electron chi connectivity index (χ0n) is 7.77. The fourth-order valence-corrected chi connectivity index (χ4v) is 1.28. The smallest absolute Gasteiger partial charge is 0.149 e. The Kier molecular flexibility index (Phi) is 5.65. The highest BCUT2D eigenvalue weighted by Crippen LogP contribution is 2.24. The molecule has 1 aliphatic carbocycles. The highest BCUT2D eigenvalue weighted by atomic mass is 35.5. The second-order valence-corrected chi connectivity index (χ2v) is 3.21. The first-order valence-electron chi connectivity index (χ1n) is 4.33. The SMILES string of the molecule is Cl.Cl.Nc1cccnc1NC1CCC1. The molecule has 14 heavy (non-hydrogen) atoms. The average molecular weight is 236 g/mol. The van der Waals surface area contributed by atoms with Crippen molar-refractivity contribution < 1.29 is 0 Å². The number of pyridine rings is 1. The quantitative estimate of drug-likeness (QED) is 0.829. The first-order valence-corrected chi connectivity index (χ1v) is 4.33. The number of hydrogen-bond donors (Lipinski definition) is 2. The Labute approximate surface area is 96.3 Å². The van der Waals surface area contributed by atoms with Crippen LogP contribution in [0.2, 0.25) is 0 Å². The van der Waals surface area contributed by atoms with E-state index in [0.29, 0.717) is 6.04 Å². The maximum absolute atomic E-state index is 5.72. The molecule has 1 aromatic heterocycles. The number of rotatable bonds is 2. The summed E-state index contributed by atoms with van der Waals surface area (Å²) < 4.78 is 0. The van der Waals surface area contributed by atoms with Gasteiger partial charge in [0.25, 0.3) is 0 Å². The largest absolute Gasteiger partial charge is 0.396 e. The lowest BCUT2D eigenvalue weighted by Gasteiger charge is -2.27. The molecule has 1 saturated carbocycles. The van der Waals surface area contributed by atoms with E-state index in [4.69, 9.17) is 5.73 Å². The van der Waals surface area contributed by atoms with Gasteiger partial charge in [0.1, 0.15) is 5.82 Å². The average Bonchev–Trinajstić information content (AvgIpc) is 2.00. The molecule has 0 atom stereocenters. The van der Waals surface area contributed by atoms with E-state index in [0.717, 1.165) is 11.5 Å². The second kappa shape index (κ2) is 5.94. The van der Waals surface area contributed by atoms with E-state index in [1.165, 1.54) is 19.3 Å². The number of hydrogen-bond acceptors (Lipinski definition) is 3. The molecule has 0 unspecified atom stereocenters. The summed E-state index contributed by atoms with van der Waals surface area (Å²) in [6, 6.07) is 4.32. The molecule has 0 saturated heterocycles. The monoisotopic (exact) mass is 235 g/mol. The molecule has 0 aromatic carbocycles. The zero-order chi connectivity index (χ0) is 8.39. The summed E-state index contributed by atoms with van der Waals surface area (Å²) in [7, 11) is 0. The molecular formula is C9H15Cl2N3. The second-order valence-electron chi connectivity index (χ2n) is 3.21. The highest BCUT2D eigenvalue weighted by molar-refractivity contribution is 5.85. The molecule has 5 heteroatoms. The molecule has 1 aromatic rings. The predicted molar refractivity (Wildman–Crippen MR) is 64.4 cm³/mol. The number of nitrogens with one attached hydrogen (secondary N) is 1. The van der Waals surface area contributed by atoms with Crippen LogP contribution in [0.3, 0.4) is 0 Å². The maximum atomic E-state index is 5.72. The number of halogens is 2. The first-order chi connectivity index (χ1) is 5.86. The van der Waals surface area contributed by atoms with Gasteiger partial charge in [-0.25, -0.2) is 4.98 Å². The molecular weight excluding hydrogens is 221 g/mol. The van der Waals surface area contributed by atoms with Crippen molar-refractivity contribution in [3.05, 3.63) is 18.3 Å². The molecule has 3 N–H and O–H groups in total. The Morgan fingerprint density at radius 3 is 2.57 bits per heavy atom. The summed E-state index contributed by atoms with van der Waals surface area (Å²) in [5, 5.41) is 3.31. The summed E-state index contributed by atoms with van der Waals surface area (Å²) in [4.78, 5) is 4.16. The van der Waals surface area contributed by atoms with Crippen LogP contribution in [-0.4, -0.2) is 11.0 Å². The number of nitrogens with zero attached hydrogens (tertiary/aromatic N) is 1. The van der Waals surface area contributed by atoms with E-state index in [1.54, 1.807) is 6.20 Å². The van der Waals surface area contributed by atoms with Crippen molar-refractivity contribution in [2.45, 2.75) is 25.3 Å². The Hall–Kier alpha value is -0.670. The molecule has 1 aliphatic rings. The summed E-state index contributed by atoms with van der Waals surface area (Å²) in [6.07, 6.45) is 5.58. The van der Waals surface area contributed by atoms with Crippen molar-refractivity contribution in [2.75, 3.05) is 11.1 Å². The van der Waals surface area contributed by atoms with Gasteiger partial charge in [0, 0.05) is 12.2 Å². The molecule has 80 valence electrons. The van der Waals surface area contributed by atoms with Gasteiger partial charge in [-0.05, 0) is 31.4 Å². The van der Waals surface area contributed by atoms with Gasteiger partial charge >= 0.3 is 0 Å². The van der Waals surface area contributed by atoms with E-state index >= 15 is 0 Å². The van der Waals surface area contributed by atoms with Gasteiger partial charge in [0.15, 0.2) is 0 Å². The van der Waals surface area contributed by atoms with Crippen LogP contribution in [0.1, 0.15) is 19.3 Å². The van der Waals surface area contributed by atoms with Crippen molar-refractivity contribution in [3.8, 4) is 0 Å². The lowest BCUT2D eigenvalue weighted by atomic mass is 9.93. The van der Waals surface area contributed by atoms with E-state index in [-0.39, 0.29) is 24.8 Å². The molecule has 0 amide bonds. The lowest BCUT2D eigenvalue weighted by molar-refractivity contribution is 0.444. The van der Waals surface area contributed by atoms with Crippen LogP contribution in [-0.2, 0) is 0 Å². The van der Waals surface area contributed by atoms with Gasteiger partial charge in [-0.1, -0.05) is 0 Å². The van der Waals surface area contributed by atoms with Crippen LogP contribution in [0.15, 0.2) is 18.3 Å². The van der Waals surface area contributed by atoms with Crippen LogP contribution < -0.4 is 11.1 Å². The molecule has 2 rings (SSSR count). The van der Waals surface area contributed by atoms with Gasteiger partial charge < -0.3 is 11.1 Å². The molecule has 0 radical (unpaired) electrons. The van der Waals surface area contributed by atoms with Gasteiger partial charge in [-0.2, -0.15) is 0 Å². The number of nitrogen functional groups attached to an aromatic ring is 1. The number of nitrogens with two attached hydrogens (primary N) is 1. The maximum Gasteiger partial charge on any atom is 0.149 e. The summed E-state index contributed by atoms with van der Waals surface area (Å²) >= 11 is 0. The van der Waals surface area contributed by atoms with Crippen LogP contribution in [0.4, 0.5) is 11.5 Å². The molecule has 0 aliphatic heterocycles. The number of anilines is 2. The van der Waals surface area contributed by atoms with E-state index in [2.05, 4.69) is 10.3 Å². The summed E-state index contributed by atoms with van der Waals surface area (Å²) in [5.74, 6) is 0.835. The van der Waals surface area contributed by atoms with Crippen molar-refractivity contribution in [3.63, 3.8) is 0 Å². The van der Waals surface area contributed by atoms with Gasteiger partial charge in [-0.3, -0.25) is 0 Å². The molecule has 1 fully saturated rings. The predicted octanol–water partition coefficient (Wildman–Crippen LogP) is 2.47. The normalized spacial score (nSPS) is 14.6. The topological polar surface area (TPSA) is 50.9 Å². The molecule has 3 nitrogen and oxygen atoms in total. The zero-order valence-corrected chi connectivity index (χ0v) is 9.40. The Morgan fingerprint density at radius 2 is 2.07 bits per heavy atom.